The number of carbonyl (C=O) groups excluding carboxylic acids is 1. The summed E-state index contributed by atoms with van der Waals surface area (Å²) in [4.78, 5) is 17.4. The molecule has 120 valence electrons. The summed E-state index contributed by atoms with van der Waals surface area (Å²) in [6.07, 6.45) is 2.63. The van der Waals surface area contributed by atoms with Crippen molar-refractivity contribution in [3.05, 3.63) is 0 Å². The molecular formula is C15H27N3O3. The minimum atomic E-state index is -0.592. The van der Waals surface area contributed by atoms with Crippen molar-refractivity contribution in [1.29, 1.82) is 0 Å². The van der Waals surface area contributed by atoms with Gasteiger partial charge in [-0.05, 0) is 32.4 Å². The number of hydrogen-bond donors (Lipinski definition) is 1. The first-order valence-corrected chi connectivity index (χ1v) is 8.12. The Morgan fingerprint density at radius 1 is 1.24 bits per heavy atom. The highest BCUT2D eigenvalue weighted by Crippen LogP contribution is 2.28. The van der Waals surface area contributed by atoms with E-state index in [1.54, 1.807) is 7.11 Å². The zero-order valence-corrected chi connectivity index (χ0v) is 13.0. The van der Waals surface area contributed by atoms with Crippen LogP contribution >= 0.6 is 0 Å². The summed E-state index contributed by atoms with van der Waals surface area (Å²) in [6, 6.07) is 0.494. The normalized spacial score (nSPS) is 30.5. The third-order valence-electron chi connectivity index (χ3n) is 5.20. The van der Waals surface area contributed by atoms with E-state index in [0.717, 1.165) is 71.7 Å². The molecule has 3 fully saturated rings. The molecule has 3 aliphatic rings. The van der Waals surface area contributed by atoms with Crippen molar-refractivity contribution >= 4 is 5.91 Å². The largest absolute Gasteiger partial charge is 0.379 e. The number of morpholine rings is 1. The second-order valence-electron chi connectivity index (χ2n) is 6.29. The summed E-state index contributed by atoms with van der Waals surface area (Å²) < 4.78 is 11.1. The zero-order valence-electron chi connectivity index (χ0n) is 13.0. The van der Waals surface area contributed by atoms with Gasteiger partial charge in [0.05, 0.1) is 13.2 Å². The van der Waals surface area contributed by atoms with Gasteiger partial charge in [-0.25, -0.2) is 0 Å². The molecule has 3 rings (SSSR count). The van der Waals surface area contributed by atoms with Crippen LogP contribution in [0.15, 0.2) is 0 Å². The van der Waals surface area contributed by atoms with E-state index in [-0.39, 0.29) is 5.91 Å². The molecule has 1 amide bonds. The molecule has 3 aliphatic heterocycles. The lowest BCUT2D eigenvalue weighted by molar-refractivity contribution is -0.157. The molecule has 6 heteroatoms. The van der Waals surface area contributed by atoms with Gasteiger partial charge >= 0.3 is 0 Å². The molecule has 0 spiro atoms. The van der Waals surface area contributed by atoms with Gasteiger partial charge < -0.3 is 19.7 Å². The quantitative estimate of drug-likeness (QED) is 0.774. The number of hydrogen-bond acceptors (Lipinski definition) is 5. The third-order valence-corrected chi connectivity index (χ3v) is 5.20. The number of nitrogens with zero attached hydrogens (tertiary/aromatic N) is 2. The van der Waals surface area contributed by atoms with Gasteiger partial charge in [0.25, 0.3) is 5.91 Å². The predicted molar refractivity (Wildman–Crippen MR) is 79.2 cm³/mol. The molecule has 6 nitrogen and oxygen atoms in total. The molecule has 1 N–H and O–H groups in total. The van der Waals surface area contributed by atoms with Gasteiger partial charge in [0.15, 0.2) is 0 Å². The number of carbonyl (C=O) groups is 1. The van der Waals surface area contributed by atoms with Crippen molar-refractivity contribution in [1.82, 2.24) is 15.1 Å². The lowest BCUT2D eigenvalue weighted by Gasteiger charge is -2.38. The Morgan fingerprint density at radius 2 is 1.95 bits per heavy atom. The summed E-state index contributed by atoms with van der Waals surface area (Å²) in [5, 5.41) is 3.31. The zero-order chi connectivity index (χ0) is 14.7. The maximum Gasteiger partial charge on any atom is 0.254 e. The van der Waals surface area contributed by atoms with E-state index >= 15 is 0 Å². The van der Waals surface area contributed by atoms with E-state index in [9.17, 15) is 4.79 Å². The molecule has 0 aromatic carbocycles. The number of nitrogens with one attached hydrogen (secondary N) is 1. The van der Waals surface area contributed by atoms with Crippen LogP contribution in [0.4, 0.5) is 0 Å². The van der Waals surface area contributed by atoms with Gasteiger partial charge in [0, 0.05) is 39.3 Å². The van der Waals surface area contributed by atoms with Gasteiger partial charge in [-0.15, -0.1) is 0 Å². The van der Waals surface area contributed by atoms with Crippen molar-refractivity contribution < 1.29 is 14.3 Å². The average molecular weight is 297 g/mol. The van der Waals surface area contributed by atoms with E-state index < -0.39 is 5.60 Å². The van der Waals surface area contributed by atoms with Crippen molar-refractivity contribution in [3.8, 4) is 0 Å². The van der Waals surface area contributed by atoms with Crippen molar-refractivity contribution in [2.75, 3.05) is 59.6 Å². The van der Waals surface area contributed by atoms with Crippen LogP contribution in [0.3, 0.4) is 0 Å². The summed E-state index contributed by atoms with van der Waals surface area (Å²) in [7, 11) is 1.68. The van der Waals surface area contributed by atoms with Crippen molar-refractivity contribution in [2.24, 2.45) is 0 Å². The van der Waals surface area contributed by atoms with E-state index in [1.807, 2.05) is 4.90 Å². The Bertz CT molecular complexity index is 365. The number of amides is 1. The van der Waals surface area contributed by atoms with Crippen molar-refractivity contribution in [2.45, 2.75) is 30.9 Å². The molecule has 1 unspecified atom stereocenters. The number of methoxy groups -OCH3 is 1. The molecule has 0 bridgehead atoms. The topological polar surface area (TPSA) is 54.0 Å². The van der Waals surface area contributed by atoms with Gasteiger partial charge in [-0.3, -0.25) is 9.69 Å². The minimum Gasteiger partial charge on any atom is -0.379 e. The van der Waals surface area contributed by atoms with Gasteiger partial charge in [-0.2, -0.15) is 0 Å². The molecular weight excluding hydrogens is 270 g/mol. The first kappa shape index (κ1) is 15.2. The Kier molecular flexibility index (Phi) is 4.78. The first-order chi connectivity index (χ1) is 10.2. The molecule has 0 aromatic heterocycles. The molecule has 0 aromatic rings. The lowest BCUT2D eigenvalue weighted by Crippen LogP contribution is -2.55. The van der Waals surface area contributed by atoms with Gasteiger partial charge in [-0.1, -0.05) is 0 Å². The average Bonchev–Trinajstić information content (AvgIpc) is 3.05. The lowest BCUT2D eigenvalue weighted by atomic mass is 9.90. The summed E-state index contributed by atoms with van der Waals surface area (Å²) in [5.41, 5.74) is -0.592. The van der Waals surface area contributed by atoms with Crippen LogP contribution in [-0.4, -0.2) is 86.9 Å². The van der Waals surface area contributed by atoms with Crippen LogP contribution in [0.25, 0.3) is 0 Å². The van der Waals surface area contributed by atoms with E-state index in [4.69, 9.17) is 9.47 Å². The highest BCUT2D eigenvalue weighted by Gasteiger charge is 2.44. The fourth-order valence-electron chi connectivity index (χ4n) is 3.79. The first-order valence-electron chi connectivity index (χ1n) is 8.12. The molecule has 3 saturated heterocycles. The maximum absolute atomic E-state index is 12.9. The number of ether oxygens (including phenoxy) is 2. The second kappa shape index (κ2) is 6.60. The van der Waals surface area contributed by atoms with Crippen LogP contribution in [-0.2, 0) is 14.3 Å². The van der Waals surface area contributed by atoms with Crippen LogP contribution in [0.5, 0.6) is 0 Å². The standard InChI is InChI=1S/C15H27N3O3/c1-20-15(3-5-16-6-4-15)14(19)18-7-2-13(12-18)17-8-10-21-11-9-17/h13,16H,2-12H2,1H3. The molecule has 0 saturated carbocycles. The summed E-state index contributed by atoms with van der Waals surface area (Å²) >= 11 is 0. The Balaban J connectivity index is 1.60. The number of likely N-dealkylation sites (tertiary alicyclic amines) is 1. The number of piperidine rings is 1. The summed E-state index contributed by atoms with van der Waals surface area (Å²) in [5.74, 6) is 0.197. The molecule has 0 aliphatic carbocycles. The van der Waals surface area contributed by atoms with Gasteiger partial charge in [0.2, 0.25) is 0 Å². The fourth-order valence-corrected chi connectivity index (χ4v) is 3.79. The van der Waals surface area contributed by atoms with Crippen LogP contribution in [0.2, 0.25) is 0 Å². The van der Waals surface area contributed by atoms with E-state index in [2.05, 4.69) is 10.2 Å². The predicted octanol–water partition coefficient (Wildman–Crippen LogP) is -0.312. The Labute approximate surface area is 126 Å². The van der Waals surface area contributed by atoms with Crippen LogP contribution in [0.1, 0.15) is 19.3 Å². The Morgan fingerprint density at radius 3 is 2.62 bits per heavy atom. The van der Waals surface area contributed by atoms with Gasteiger partial charge in [0.1, 0.15) is 5.60 Å². The van der Waals surface area contributed by atoms with Crippen LogP contribution in [0, 0.1) is 0 Å². The van der Waals surface area contributed by atoms with Crippen molar-refractivity contribution in [3.63, 3.8) is 0 Å². The molecule has 21 heavy (non-hydrogen) atoms. The van der Waals surface area contributed by atoms with E-state index in [0.29, 0.717) is 6.04 Å². The van der Waals surface area contributed by atoms with E-state index in [1.165, 1.54) is 0 Å². The molecule has 0 radical (unpaired) electrons. The highest BCUT2D eigenvalue weighted by molar-refractivity contribution is 5.85. The number of rotatable bonds is 3. The second-order valence-corrected chi connectivity index (χ2v) is 6.29. The molecule has 1 atom stereocenters. The SMILES string of the molecule is COC1(C(=O)N2CCC(N3CCOCC3)C2)CCNCC1. The van der Waals surface area contributed by atoms with Crippen LogP contribution < -0.4 is 5.32 Å². The molecule has 3 heterocycles. The minimum absolute atomic E-state index is 0.197. The highest BCUT2D eigenvalue weighted by atomic mass is 16.5. The monoisotopic (exact) mass is 297 g/mol. The Hall–Kier alpha value is -0.690. The third kappa shape index (κ3) is 3.08. The maximum atomic E-state index is 12.9. The smallest absolute Gasteiger partial charge is 0.254 e. The summed E-state index contributed by atoms with van der Waals surface area (Å²) in [6.45, 7) is 7.05. The fraction of sp³-hybridized carbons (Fsp3) is 0.933.